The zero-order valence-corrected chi connectivity index (χ0v) is 9.77. The molecule has 1 aromatic carbocycles. The molecular formula is C11H12BrNO2. The summed E-state index contributed by atoms with van der Waals surface area (Å²) in [6, 6.07) is 9.41. The summed E-state index contributed by atoms with van der Waals surface area (Å²) < 4.78 is 6.36. The van der Waals surface area contributed by atoms with Gasteiger partial charge < -0.3 is 9.84 Å². The molecule has 0 spiro atoms. The normalized spacial score (nSPS) is 11.8. The van der Waals surface area contributed by atoms with Gasteiger partial charge in [-0.3, -0.25) is 0 Å². The van der Waals surface area contributed by atoms with Crippen LogP contribution in [0.4, 0.5) is 0 Å². The van der Waals surface area contributed by atoms with E-state index in [0.717, 1.165) is 10.2 Å². The number of rotatable bonds is 5. The second-order valence-corrected chi connectivity index (χ2v) is 4.03. The molecule has 4 heteroatoms. The summed E-state index contributed by atoms with van der Waals surface area (Å²) in [7, 11) is 0. The third kappa shape index (κ3) is 4.82. The van der Waals surface area contributed by atoms with Crippen LogP contribution in [0.5, 0.6) is 5.75 Å². The number of aliphatic hydroxyl groups is 1. The number of hydrogen-bond donors (Lipinski definition) is 1. The van der Waals surface area contributed by atoms with E-state index in [2.05, 4.69) is 15.9 Å². The van der Waals surface area contributed by atoms with Gasteiger partial charge in [0.15, 0.2) is 0 Å². The summed E-state index contributed by atoms with van der Waals surface area (Å²) in [6.45, 7) is 0.416. The van der Waals surface area contributed by atoms with Crippen molar-refractivity contribution < 1.29 is 9.84 Å². The number of halogens is 1. The first-order valence-corrected chi connectivity index (χ1v) is 5.45. The van der Waals surface area contributed by atoms with Crippen LogP contribution in [0.3, 0.4) is 0 Å². The molecule has 0 radical (unpaired) electrons. The van der Waals surface area contributed by atoms with Gasteiger partial charge in [0, 0.05) is 10.9 Å². The minimum Gasteiger partial charge on any atom is -0.493 e. The van der Waals surface area contributed by atoms with Crippen LogP contribution < -0.4 is 4.74 Å². The van der Waals surface area contributed by atoms with Crippen molar-refractivity contribution >= 4 is 15.9 Å². The SMILES string of the molecule is N#CCC(O)CCOc1cccc(Br)c1. The van der Waals surface area contributed by atoms with Crippen LogP contribution >= 0.6 is 15.9 Å². The highest BCUT2D eigenvalue weighted by atomic mass is 79.9. The van der Waals surface area contributed by atoms with E-state index in [1.807, 2.05) is 30.3 Å². The highest BCUT2D eigenvalue weighted by Gasteiger charge is 2.03. The van der Waals surface area contributed by atoms with E-state index in [9.17, 15) is 5.11 Å². The summed E-state index contributed by atoms with van der Waals surface area (Å²) >= 11 is 3.34. The molecule has 0 fully saturated rings. The van der Waals surface area contributed by atoms with Gasteiger partial charge in [0.2, 0.25) is 0 Å². The molecule has 1 N–H and O–H groups in total. The zero-order valence-electron chi connectivity index (χ0n) is 8.19. The maximum Gasteiger partial charge on any atom is 0.120 e. The highest BCUT2D eigenvalue weighted by Crippen LogP contribution is 2.17. The lowest BCUT2D eigenvalue weighted by Gasteiger charge is -2.08. The van der Waals surface area contributed by atoms with Gasteiger partial charge in [-0.2, -0.15) is 5.26 Å². The minimum absolute atomic E-state index is 0.155. The number of ether oxygens (including phenoxy) is 1. The molecule has 0 saturated heterocycles. The molecule has 0 aliphatic carbocycles. The summed E-state index contributed by atoms with van der Waals surface area (Å²) in [4.78, 5) is 0. The lowest BCUT2D eigenvalue weighted by Crippen LogP contribution is -2.10. The van der Waals surface area contributed by atoms with Crippen molar-refractivity contribution in [1.82, 2.24) is 0 Å². The fourth-order valence-corrected chi connectivity index (χ4v) is 1.46. The lowest BCUT2D eigenvalue weighted by molar-refractivity contribution is 0.143. The van der Waals surface area contributed by atoms with Gasteiger partial charge in [0.1, 0.15) is 5.75 Å². The summed E-state index contributed by atoms with van der Waals surface area (Å²) in [5.74, 6) is 0.758. The number of nitrogens with zero attached hydrogens (tertiary/aromatic N) is 1. The molecule has 1 rings (SSSR count). The van der Waals surface area contributed by atoms with E-state index >= 15 is 0 Å². The van der Waals surface area contributed by atoms with E-state index in [-0.39, 0.29) is 6.42 Å². The van der Waals surface area contributed by atoms with Gasteiger partial charge in [-0.05, 0) is 18.2 Å². The van der Waals surface area contributed by atoms with Crippen molar-refractivity contribution in [3.05, 3.63) is 28.7 Å². The monoisotopic (exact) mass is 269 g/mol. The number of benzene rings is 1. The maximum absolute atomic E-state index is 9.27. The Morgan fingerprint density at radius 3 is 3.00 bits per heavy atom. The molecule has 0 amide bonds. The lowest BCUT2D eigenvalue weighted by atomic mass is 10.2. The van der Waals surface area contributed by atoms with Gasteiger partial charge in [-0.15, -0.1) is 0 Å². The van der Waals surface area contributed by atoms with Gasteiger partial charge in [0.05, 0.1) is 25.2 Å². The Labute approximate surface area is 97.4 Å². The minimum atomic E-state index is -0.595. The Morgan fingerprint density at radius 1 is 1.53 bits per heavy atom. The van der Waals surface area contributed by atoms with Crippen molar-refractivity contribution in [1.29, 1.82) is 5.26 Å². The quantitative estimate of drug-likeness (QED) is 0.894. The molecule has 80 valence electrons. The molecule has 0 aliphatic heterocycles. The average Bonchev–Trinajstić information content (AvgIpc) is 2.18. The Kier molecular flexibility index (Phi) is 5.16. The van der Waals surface area contributed by atoms with Crippen LogP contribution in [0.25, 0.3) is 0 Å². The van der Waals surface area contributed by atoms with E-state index in [1.54, 1.807) is 0 Å². The van der Waals surface area contributed by atoms with Crippen molar-refractivity contribution in [2.24, 2.45) is 0 Å². The second-order valence-electron chi connectivity index (χ2n) is 3.11. The smallest absolute Gasteiger partial charge is 0.120 e. The molecule has 0 heterocycles. The van der Waals surface area contributed by atoms with Gasteiger partial charge in [-0.25, -0.2) is 0 Å². The van der Waals surface area contributed by atoms with Crippen molar-refractivity contribution in [3.63, 3.8) is 0 Å². The van der Waals surface area contributed by atoms with E-state index in [1.165, 1.54) is 0 Å². The van der Waals surface area contributed by atoms with Crippen LogP contribution in [0.2, 0.25) is 0 Å². The number of hydrogen-bond acceptors (Lipinski definition) is 3. The molecule has 0 bridgehead atoms. The van der Waals surface area contributed by atoms with Gasteiger partial charge in [-0.1, -0.05) is 22.0 Å². The largest absolute Gasteiger partial charge is 0.493 e. The molecule has 0 saturated carbocycles. The van der Waals surface area contributed by atoms with Crippen LogP contribution in [0.15, 0.2) is 28.7 Å². The topological polar surface area (TPSA) is 53.2 Å². The molecule has 15 heavy (non-hydrogen) atoms. The maximum atomic E-state index is 9.27. The van der Waals surface area contributed by atoms with Crippen LogP contribution in [-0.4, -0.2) is 17.8 Å². The first kappa shape index (κ1) is 12.0. The highest BCUT2D eigenvalue weighted by molar-refractivity contribution is 9.10. The Morgan fingerprint density at radius 2 is 2.33 bits per heavy atom. The van der Waals surface area contributed by atoms with Crippen LogP contribution in [0.1, 0.15) is 12.8 Å². The van der Waals surface area contributed by atoms with Gasteiger partial charge in [0.25, 0.3) is 0 Å². The summed E-state index contributed by atoms with van der Waals surface area (Å²) in [6.07, 6.45) is 0.0317. The van der Waals surface area contributed by atoms with Gasteiger partial charge >= 0.3 is 0 Å². The third-order valence-corrected chi connectivity index (χ3v) is 2.34. The molecular weight excluding hydrogens is 258 g/mol. The zero-order chi connectivity index (χ0) is 11.1. The Bertz CT molecular complexity index is 349. The predicted molar refractivity (Wildman–Crippen MR) is 60.5 cm³/mol. The molecule has 0 aliphatic rings. The average molecular weight is 270 g/mol. The predicted octanol–water partition coefficient (Wildman–Crippen LogP) is 2.49. The number of aliphatic hydroxyl groups excluding tert-OH is 1. The Hall–Kier alpha value is -1.05. The van der Waals surface area contributed by atoms with Crippen LogP contribution in [0, 0.1) is 11.3 Å². The standard InChI is InChI=1S/C11H12BrNO2/c12-9-2-1-3-11(8-9)15-7-5-10(14)4-6-13/h1-3,8,10,14H,4-5,7H2. The first-order valence-electron chi connectivity index (χ1n) is 4.66. The van der Waals surface area contributed by atoms with E-state index < -0.39 is 6.10 Å². The molecule has 0 aromatic heterocycles. The molecule has 1 unspecified atom stereocenters. The third-order valence-electron chi connectivity index (χ3n) is 1.84. The van der Waals surface area contributed by atoms with Crippen LogP contribution in [-0.2, 0) is 0 Å². The Balaban J connectivity index is 2.29. The van der Waals surface area contributed by atoms with Crippen molar-refractivity contribution in [2.75, 3.05) is 6.61 Å². The number of nitriles is 1. The summed E-state index contributed by atoms with van der Waals surface area (Å²) in [5.41, 5.74) is 0. The molecule has 3 nitrogen and oxygen atoms in total. The first-order chi connectivity index (χ1) is 7.22. The van der Waals surface area contributed by atoms with E-state index in [0.29, 0.717) is 13.0 Å². The fraction of sp³-hybridized carbons (Fsp3) is 0.364. The second kappa shape index (κ2) is 6.44. The molecule has 1 atom stereocenters. The van der Waals surface area contributed by atoms with E-state index in [4.69, 9.17) is 10.00 Å². The van der Waals surface area contributed by atoms with Crippen molar-refractivity contribution in [3.8, 4) is 11.8 Å². The molecule has 1 aromatic rings. The van der Waals surface area contributed by atoms with Crippen molar-refractivity contribution in [2.45, 2.75) is 18.9 Å². The fourth-order valence-electron chi connectivity index (χ4n) is 1.08. The summed E-state index contributed by atoms with van der Waals surface area (Å²) in [5, 5.41) is 17.6.